The number of nitriles is 1. The van der Waals surface area contributed by atoms with E-state index in [0.717, 1.165) is 56.9 Å². The number of benzene rings is 2. The lowest BCUT2D eigenvalue weighted by Crippen LogP contribution is -2.60. The van der Waals surface area contributed by atoms with Gasteiger partial charge in [-0.15, -0.1) is 0 Å². The molecule has 2 fully saturated rings. The third kappa shape index (κ3) is 10.0. The number of morpholine rings is 2. The maximum atomic E-state index is 12.3. The zero-order valence-corrected chi connectivity index (χ0v) is 24.1. The SMILES string of the molecule is CC(C)(C)C(=O)CN1CC2CN(CCCNc3ccc(C#N)cc3)CC(C1)O2.Cc1ccc(S(=O)(=O)O)cc1. The standard InChI is InChI=1S/C22H32N4O2.C7H8O3S/c1-22(2,3)21(27)16-26-14-19-12-25(13-20(15-26)28-19)10-4-9-24-18-7-5-17(11-23)6-8-18;1-6-2-4-7(5-3-6)11(8,9)10/h5-8,19-20,24H,4,9-10,12-16H2,1-3H3;2-5H,1H3,(H,8,9,10). The highest BCUT2D eigenvalue weighted by molar-refractivity contribution is 7.85. The normalized spacial score (nSPS) is 19.9. The minimum absolute atomic E-state index is 0.0666. The Bertz CT molecular complexity index is 1220. The molecule has 0 amide bonds. The van der Waals surface area contributed by atoms with Crippen molar-refractivity contribution in [3.05, 3.63) is 59.7 Å². The van der Waals surface area contributed by atoms with Gasteiger partial charge >= 0.3 is 0 Å². The van der Waals surface area contributed by atoms with E-state index < -0.39 is 10.1 Å². The quantitative estimate of drug-likeness (QED) is 0.371. The Hall–Kier alpha value is -2.81. The van der Waals surface area contributed by atoms with Crippen LogP contribution in [0, 0.1) is 23.7 Å². The van der Waals surface area contributed by atoms with E-state index in [0.29, 0.717) is 17.9 Å². The van der Waals surface area contributed by atoms with Gasteiger partial charge < -0.3 is 10.1 Å². The number of ketones is 1. The van der Waals surface area contributed by atoms with E-state index >= 15 is 0 Å². The maximum Gasteiger partial charge on any atom is 0.294 e. The van der Waals surface area contributed by atoms with Gasteiger partial charge in [0, 0.05) is 50.4 Å². The van der Waals surface area contributed by atoms with Crippen LogP contribution in [0.4, 0.5) is 5.69 Å². The van der Waals surface area contributed by atoms with Crippen molar-refractivity contribution in [3.8, 4) is 6.07 Å². The summed E-state index contributed by atoms with van der Waals surface area (Å²) in [5.74, 6) is 0.304. The highest BCUT2D eigenvalue weighted by Gasteiger charge is 2.36. The second-order valence-corrected chi connectivity index (χ2v) is 12.7. The van der Waals surface area contributed by atoms with Gasteiger partial charge in [0.1, 0.15) is 0 Å². The fraction of sp³-hybridized carbons (Fsp3) is 0.517. The van der Waals surface area contributed by atoms with Crippen molar-refractivity contribution < 1.29 is 22.5 Å². The zero-order valence-electron chi connectivity index (χ0n) is 23.3. The third-order valence-electron chi connectivity index (χ3n) is 6.75. The van der Waals surface area contributed by atoms with Crippen LogP contribution in [0.3, 0.4) is 0 Å². The van der Waals surface area contributed by atoms with Crippen LogP contribution in [-0.2, 0) is 19.6 Å². The molecule has 39 heavy (non-hydrogen) atoms. The van der Waals surface area contributed by atoms with E-state index in [4.69, 9.17) is 14.6 Å². The molecular weight excluding hydrogens is 516 g/mol. The third-order valence-corrected chi connectivity index (χ3v) is 7.62. The second-order valence-electron chi connectivity index (χ2n) is 11.3. The smallest absolute Gasteiger partial charge is 0.294 e. The van der Waals surface area contributed by atoms with Crippen molar-refractivity contribution in [2.24, 2.45) is 5.41 Å². The van der Waals surface area contributed by atoms with Gasteiger partial charge in [0.25, 0.3) is 10.1 Å². The Morgan fingerprint density at radius 3 is 2.10 bits per heavy atom. The van der Waals surface area contributed by atoms with E-state index in [9.17, 15) is 13.2 Å². The molecule has 2 saturated heterocycles. The summed E-state index contributed by atoms with van der Waals surface area (Å²) in [7, 11) is -4.02. The molecule has 2 aromatic rings. The first-order valence-corrected chi connectivity index (χ1v) is 14.7. The molecule has 10 heteroatoms. The van der Waals surface area contributed by atoms with E-state index in [1.807, 2.05) is 52.0 Å². The fourth-order valence-electron chi connectivity index (χ4n) is 4.52. The van der Waals surface area contributed by atoms with Crippen LogP contribution < -0.4 is 5.32 Å². The van der Waals surface area contributed by atoms with Gasteiger partial charge in [0.15, 0.2) is 5.78 Å². The van der Waals surface area contributed by atoms with Crippen LogP contribution in [0.15, 0.2) is 53.4 Å². The first kappa shape index (κ1) is 30.7. The van der Waals surface area contributed by atoms with Crippen LogP contribution in [0.25, 0.3) is 0 Å². The molecule has 2 N–H and O–H groups in total. The topological polar surface area (TPSA) is 123 Å². The van der Waals surface area contributed by atoms with E-state index in [1.54, 1.807) is 12.1 Å². The molecule has 2 aliphatic heterocycles. The van der Waals surface area contributed by atoms with Crippen LogP contribution in [-0.4, -0.2) is 86.6 Å². The van der Waals surface area contributed by atoms with Gasteiger partial charge in [-0.3, -0.25) is 19.1 Å². The number of nitrogens with one attached hydrogen (secondary N) is 1. The number of carbonyl (C=O) groups excluding carboxylic acids is 1. The van der Waals surface area contributed by atoms with Gasteiger partial charge in [0.05, 0.1) is 35.3 Å². The molecule has 2 aromatic carbocycles. The van der Waals surface area contributed by atoms with Gasteiger partial charge in [-0.05, 0) is 49.7 Å². The number of hydrogen-bond donors (Lipinski definition) is 2. The highest BCUT2D eigenvalue weighted by Crippen LogP contribution is 2.22. The molecular formula is C29H40N4O5S. The number of fused-ring (bicyclic) bond motifs is 2. The Kier molecular flexibility index (Phi) is 10.6. The minimum Gasteiger partial charge on any atom is -0.385 e. The van der Waals surface area contributed by atoms with Crippen LogP contribution in [0.2, 0.25) is 0 Å². The summed E-state index contributed by atoms with van der Waals surface area (Å²) in [5, 5.41) is 12.3. The number of anilines is 1. The number of nitrogens with zero attached hydrogens (tertiary/aromatic N) is 3. The molecule has 2 unspecified atom stereocenters. The summed E-state index contributed by atoms with van der Waals surface area (Å²) in [6.45, 7) is 13.9. The molecule has 0 aliphatic carbocycles. The molecule has 0 aromatic heterocycles. The minimum atomic E-state index is -4.02. The van der Waals surface area contributed by atoms with Gasteiger partial charge in [-0.2, -0.15) is 13.7 Å². The predicted octanol–water partition coefficient (Wildman–Crippen LogP) is 3.60. The first-order chi connectivity index (χ1) is 18.3. The highest BCUT2D eigenvalue weighted by atomic mass is 32.2. The summed E-state index contributed by atoms with van der Waals surface area (Å²) >= 11 is 0. The predicted molar refractivity (Wildman–Crippen MR) is 151 cm³/mol. The molecule has 2 heterocycles. The Morgan fingerprint density at radius 1 is 1.03 bits per heavy atom. The zero-order chi connectivity index (χ0) is 28.6. The van der Waals surface area contributed by atoms with Crippen LogP contribution in [0.5, 0.6) is 0 Å². The average Bonchev–Trinajstić information content (AvgIpc) is 2.86. The van der Waals surface area contributed by atoms with Crippen LogP contribution in [0.1, 0.15) is 38.3 Å². The number of hydrogen-bond acceptors (Lipinski definition) is 8. The molecule has 0 spiro atoms. The van der Waals surface area contributed by atoms with Gasteiger partial charge in [-0.25, -0.2) is 0 Å². The Labute approximate surface area is 232 Å². The first-order valence-electron chi connectivity index (χ1n) is 13.2. The van der Waals surface area contributed by atoms with E-state index in [-0.39, 0.29) is 22.5 Å². The summed E-state index contributed by atoms with van der Waals surface area (Å²) < 4.78 is 35.7. The number of carbonyl (C=O) groups is 1. The lowest BCUT2D eigenvalue weighted by molar-refractivity contribution is -0.147. The molecule has 4 rings (SSSR count). The van der Waals surface area contributed by atoms with E-state index in [1.165, 1.54) is 12.1 Å². The summed E-state index contributed by atoms with van der Waals surface area (Å²) in [6.07, 6.45) is 1.46. The molecule has 2 bridgehead atoms. The average molecular weight is 557 g/mol. The number of aryl methyl sites for hydroxylation is 1. The molecule has 9 nitrogen and oxygen atoms in total. The molecule has 212 valence electrons. The van der Waals surface area contributed by atoms with Crippen molar-refractivity contribution in [2.45, 2.75) is 51.2 Å². The summed E-state index contributed by atoms with van der Waals surface area (Å²) in [6, 6.07) is 15.7. The van der Waals surface area contributed by atoms with Crippen LogP contribution >= 0.6 is 0 Å². The van der Waals surface area contributed by atoms with Crippen molar-refractivity contribution in [1.82, 2.24) is 9.80 Å². The summed E-state index contributed by atoms with van der Waals surface area (Å²) in [5.41, 5.74) is 2.42. The monoisotopic (exact) mass is 556 g/mol. The van der Waals surface area contributed by atoms with Crippen molar-refractivity contribution >= 4 is 21.6 Å². The van der Waals surface area contributed by atoms with Crippen molar-refractivity contribution in [2.75, 3.05) is 51.1 Å². The molecule has 2 aliphatic rings. The van der Waals surface area contributed by atoms with Crippen molar-refractivity contribution in [1.29, 1.82) is 5.26 Å². The van der Waals surface area contributed by atoms with Gasteiger partial charge in [-0.1, -0.05) is 38.5 Å². The van der Waals surface area contributed by atoms with Gasteiger partial charge in [0.2, 0.25) is 0 Å². The fourth-order valence-corrected chi connectivity index (χ4v) is 5.00. The number of ether oxygens (including phenoxy) is 1. The molecule has 0 saturated carbocycles. The maximum absolute atomic E-state index is 12.3. The Balaban J connectivity index is 0.000000320. The molecule has 0 radical (unpaired) electrons. The molecule has 2 atom stereocenters. The Morgan fingerprint density at radius 2 is 1.59 bits per heavy atom. The largest absolute Gasteiger partial charge is 0.385 e. The number of Topliss-reactive ketones (excluding diaryl/α,β-unsaturated/α-hetero) is 1. The van der Waals surface area contributed by atoms with E-state index in [2.05, 4.69) is 21.2 Å². The second kappa shape index (κ2) is 13.5. The lowest BCUT2D eigenvalue weighted by Gasteiger charge is -2.46. The summed E-state index contributed by atoms with van der Waals surface area (Å²) in [4.78, 5) is 17.0. The number of rotatable bonds is 8. The van der Waals surface area contributed by atoms with Crippen molar-refractivity contribution in [3.63, 3.8) is 0 Å². The lowest BCUT2D eigenvalue weighted by atomic mass is 9.90.